The van der Waals surface area contributed by atoms with E-state index in [9.17, 15) is 13.5 Å². The van der Waals surface area contributed by atoms with Gasteiger partial charge in [-0.3, -0.25) is 0 Å². The maximum atomic E-state index is 11.4. The third-order valence-electron chi connectivity index (χ3n) is 2.34. The van der Waals surface area contributed by atoms with Crippen LogP contribution in [0, 0.1) is 0 Å². The van der Waals surface area contributed by atoms with Crippen LogP contribution in [0.25, 0.3) is 0 Å². The topological polar surface area (TPSA) is 60.9 Å². The molecule has 0 saturated carbocycles. The molecule has 2 atom stereocenters. The summed E-state index contributed by atoms with van der Waals surface area (Å²) in [5.41, 5.74) is 0. The van der Waals surface area contributed by atoms with E-state index in [2.05, 4.69) is 0 Å². The van der Waals surface area contributed by atoms with Gasteiger partial charge in [0.1, 0.15) is 0 Å². The molecule has 1 saturated heterocycles. The number of hydrogen-bond donors (Lipinski definition) is 1. The number of aliphatic hydroxyl groups is 1. The highest BCUT2D eigenvalue weighted by Gasteiger charge is 2.36. The van der Waals surface area contributed by atoms with Crippen molar-refractivity contribution in [2.24, 2.45) is 0 Å². The third-order valence-corrected chi connectivity index (χ3v) is 3.64. The lowest BCUT2D eigenvalue weighted by molar-refractivity contribution is 0.188. The molecular formula is C8H18N2O3S. The molecule has 0 aromatic carbocycles. The van der Waals surface area contributed by atoms with E-state index < -0.39 is 16.1 Å². The van der Waals surface area contributed by atoms with Gasteiger partial charge in [-0.15, -0.1) is 0 Å². The molecule has 2 unspecified atom stereocenters. The van der Waals surface area contributed by atoms with Crippen LogP contribution in [0.4, 0.5) is 0 Å². The zero-order valence-corrected chi connectivity index (χ0v) is 9.66. The SMILES string of the molecule is CN(C)CC1CC(O)CN1S(C)(=O)=O. The zero-order valence-electron chi connectivity index (χ0n) is 8.84. The van der Waals surface area contributed by atoms with Gasteiger partial charge in [-0.05, 0) is 20.5 Å². The van der Waals surface area contributed by atoms with Crippen molar-refractivity contribution in [3.63, 3.8) is 0 Å². The summed E-state index contributed by atoms with van der Waals surface area (Å²) in [4.78, 5) is 1.93. The molecule has 1 heterocycles. The van der Waals surface area contributed by atoms with Crippen molar-refractivity contribution in [3.05, 3.63) is 0 Å². The number of aliphatic hydroxyl groups excluding tert-OH is 1. The Labute approximate surface area is 85.4 Å². The Morgan fingerprint density at radius 1 is 1.50 bits per heavy atom. The van der Waals surface area contributed by atoms with Crippen LogP contribution in [-0.2, 0) is 10.0 Å². The molecule has 0 bridgehead atoms. The number of β-amino-alcohol motifs (C(OH)–C–C–N with tert-alkyl or cyclic N) is 1. The summed E-state index contributed by atoms with van der Waals surface area (Å²) in [6.45, 7) is 0.890. The van der Waals surface area contributed by atoms with E-state index in [0.717, 1.165) is 0 Å². The van der Waals surface area contributed by atoms with Gasteiger partial charge in [0.2, 0.25) is 10.0 Å². The summed E-state index contributed by atoms with van der Waals surface area (Å²) in [6.07, 6.45) is 1.20. The normalized spacial score (nSPS) is 30.1. The van der Waals surface area contributed by atoms with E-state index in [4.69, 9.17) is 0 Å². The Morgan fingerprint density at radius 2 is 2.07 bits per heavy atom. The minimum Gasteiger partial charge on any atom is -0.392 e. The van der Waals surface area contributed by atoms with E-state index in [-0.39, 0.29) is 12.6 Å². The highest BCUT2D eigenvalue weighted by atomic mass is 32.2. The van der Waals surface area contributed by atoms with Gasteiger partial charge in [0, 0.05) is 19.1 Å². The predicted molar refractivity (Wildman–Crippen MR) is 54.5 cm³/mol. The Kier molecular flexibility index (Phi) is 3.52. The molecular weight excluding hydrogens is 204 g/mol. The van der Waals surface area contributed by atoms with E-state index in [1.54, 1.807) is 0 Å². The lowest BCUT2D eigenvalue weighted by Crippen LogP contribution is -2.40. The number of rotatable bonds is 3. The summed E-state index contributed by atoms with van der Waals surface area (Å²) < 4.78 is 24.1. The van der Waals surface area contributed by atoms with Crippen LogP contribution in [0.5, 0.6) is 0 Å². The first-order valence-electron chi connectivity index (χ1n) is 4.60. The first kappa shape index (κ1) is 11.9. The van der Waals surface area contributed by atoms with Crippen LogP contribution in [-0.4, -0.2) is 68.3 Å². The average molecular weight is 222 g/mol. The quantitative estimate of drug-likeness (QED) is 0.661. The molecule has 0 amide bonds. The number of sulfonamides is 1. The number of hydrogen-bond acceptors (Lipinski definition) is 4. The molecule has 5 nitrogen and oxygen atoms in total. The lowest BCUT2D eigenvalue weighted by atomic mass is 10.2. The summed E-state index contributed by atoms with van der Waals surface area (Å²) in [5, 5.41) is 9.42. The predicted octanol–water partition coefficient (Wildman–Crippen LogP) is -1.06. The van der Waals surface area contributed by atoms with Gasteiger partial charge in [-0.1, -0.05) is 0 Å². The molecule has 1 aliphatic rings. The first-order chi connectivity index (χ1) is 6.30. The van der Waals surface area contributed by atoms with Crippen LogP contribution < -0.4 is 0 Å². The summed E-state index contributed by atoms with van der Waals surface area (Å²) in [7, 11) is 0.604. The maximum absolute atomic E-state index is 11.4. The Morgan fingerprint density at radius 3 is 2.50 bits per heavy atom. The van der Waals surface area contributed by atoms with Crippen molar-refractivity contribution in [1.29, 1.82) is 0 Å². The summed E-state index contributed by atoms with van der Waals surface area (Å²) in [6, 6.07) is -0.0880. The van der Waals surface area contributed by atoms with Gasteiger partial charge in [-0.2, -0.15) is 4.31 Å². The fraction of sp³-hybridized carbons (Fsp3) is 1.00. The fourth-order valence-corrected chi connectivity index (χ4v) is 2.99. The molecule has 0 aromatic rings. The summed E-state index contributed by atoms with van der Waals surface area (Å²) in [5.74, 6) is 0. The second kappa shape index (κ2) is 4.14. The molecule has 1 N–H and O–H groups in total. The van der Waals surface area contributed by atoms with Gasteiger partial charge in [0.25, 0.3) is 0 Å². The second-order valence-corrected chi connectivity index (χ2v) is 6.07. The molecule has 1 rings (SSSR count). The molecule has 1 fully saturated rings. The molecule has 0 aromatic heterocycles. The minimum atomic E-state index is -3.18. The van der Waals surface area contributed by atoms with E-state index in [1.165, 1.54) is 10.6 Å². The van der Waals surface area contributed by atoms with Crippen molar-refractivity contribution in [2.45, 2.75) is 18.6 Å². The van der Waals surface area contributed by atoms with Crippen molar-refractivity contribution >= 4 is 10.0 Å². The van der Waals surface area contributed by atoms with E-state index in [0.29, 0.717) is 13.0 Å². The van der Waals surface area contributed by atoms with Crippen molar-refractivity contribution < 1.29 is 13.5 Å². The van der Waals surface area contributed by atoms with Gasteiger partial charge < -0.3 is 10.0 Å². The second-order valence-electron chi connectivity index (χ2n) is 4.14. The monoisotopic (exact) mass is 222 g/mol. The third kappa shape index (κ3) is 2.91. The van der Waals surface area contributed by atoms with Crippen molar-refractivity contribution in [2.75, 3.05) is 33.4 Å². The van der Waals surface area contributed by atoms with Gasteiger partial charge >= 0.3 is 0 Å². The highest BCUT2D eigenvalue weighted by molar-refractivity contribution is 7.88. The van der Waals surface area contributed by atoms with Crippen LogP contribution in [0.15, 0.2) is 0 Å². The van der Waals surface area contributed by atoms with Crippen molar-refractivity contribution in [3.8, 4) is 0 Å². The Hall–Kier alpha value is -0.170. The smallest absolute Gasteiger partial charge is 0.211 e. The average Bonchev–Trinajstić information content (AvgIpc) is 2.28. The standard InChI is InChI=1S/C8H18N2O3S/c1-9(2)5-7-4-8(11)6-10(7)14(3,12)13/h7-8,11H,4-6H2,1-3H3. The molecule has 6 heteroatoms. The maximum Gasteiger partial charge on any atom is 0.211 e. The Bertz CT molecular complexity index is 289. The van der Waals surface area contributed by atoms with Crippen LogP contribution in [0.2, 0.25) is 0 Å². The Balaban J connectivity index is 2.73. The lowest BCUT2D eigenvalue weighted by Gasteiger charge is -2.24. The van der Waals surface area contributed by atoms with Crippen LogP contribution in [0.1, 0.15) is 6.42 Å². The van der Waals surface area contributed by atoms with Gasteiger partial charge in [-0.25, -0.2) is 8.42 Å². The molecule has 84 valence electrons. The van der Waals surface area contributed by atoms with Crippen LogP contribution >= 0.6 is 0 Å². The van der Waals surface area contributed by atoms with Crippen LogP contribution in [0.3, 0.4) is 0 Å². The molecule has 0 radical (unpaired) electrons. The molecule has 0 aliphatic carbocycles. The first-order valence-corrected chi connectivity index (χ1v) is 6.45. The van der Waals surface area contributed by atoms with E-state index >= 15 is 0 Å². The molecule has 14 heavy (non-hydrogen) atoms. The summed E-state index contributed by atoms with van der Waals surface area (Å²) >= 11 is 0. The largest absolute Gasteiger partial charge is 0.392 e. The fourth-order valence-electron chi connectivity index (χ4n) is 1.86. The number of nitrogens with zero attached hydrogens (tertiary/aromatic N) is 2. The minimum absolute atomic E-state index is 0.0880. The van der Waals surface area contributed by atoms with E-state index in [1.807, 2.05) is 19.0 Å². The van der Waals surface area contributed by atoms with Gasteiger partial charge in [0.15, 0.2) is 0 Å². The molecule has 0 spiro atoms. The number of likely N-dealkylation sites (N-methyl/N-ethyl adjacent to an activating group) is 1. The van der Waals surface area contributed by atoms with Gasteiger partial charge in [0.05, 0.1) is 12.4 Å². The highest BCUT2D eigenvalue weighted by Crippen LogP contribution is 2.21. The zero-order chi connectivity index (χ0) is 10.9. The molecule has 1 aliphatic heterocycles. The van der Waals surface area contributed by atoms with Crippen molar-refractivity contribution in [1.82, 2.24) is 9.21 Å².